The lowest BCUT2D eigenvalue weighted by atomic mass is 9.96. The van der Waals surface area contributed by atoms with Gasteiger partial charge < -0.3 is 14.8 Å². The molecule has 0 amide bonds. The van der Waals surface area contributed by atoms with E-state index < -0.39 is 0 Å². The predicted molar refractivity (Wildman–Crippen MR) is 117 cm³/mol. The number of hydrogen-bond donors (Lipinski definition) is 1. The van der Waals surface area contributed by atoms with Crippen LogP contribution in [0.25, 0.3) is 0 Å². The molecule has 3 heterocycles. The Morgan fingerprint density at radius 1 is 1.04 bits per heavy atom. The van der Waals surface area contributed by atoms with Crippen molar-refractivity contribution in [3.8, 4) is 0 Å². The Morgan fingerprint density at radius 2 is 1.79 bits per heavy atom. The van der Waals surface area contributed by atoms with Crippen LogP contribution in [0, 0.1) is 13.8 Å². The molecule has 2 atom stereocenters. The number of nitrogens with zero attached hydrogens (tertiary/aromatic N) is 3. The molecule has 5 rings (SSSR count). The van der Waals surface area contributed by atoms with E-state index >= 15 is 0 Å². The lowest BCUT2D eigenvalue weighted by Gasteiger charge is -2.28. The van der Waals surface area contributed by atoms with Gasteiger partial charge in [-0.15, -0.1) is 0 Å². The first-order chi connectivity index (χ1) is 13.6. The minimum atomic E-state index is 0.0158. The molecule has 2 aliphatic rings. The number of aromatic nitrogens is 2. The lowest BCUT2D eigenvalue weighted by molar-refractivity contribution is 0.562. The van der Waals surface area contributed by atoms with Gasteiger partial charge in [-0.1, -0.05) is 24.3 Å². The van der Waals surface area contributed by atoms with Crippen LogP contribution in [0.4, 0.5) is 5.69 Å². The molecule has 28 heavy (non-hydrogen) atoms. The van der Waals surface area contributed by atoms with Crippen molar-refractivity contribution in [2.45, 2.75) is 44.8 Å². The molecular formula is C23H24N4S. The Balaban J connectivity index is 1.66. The maximum Gasteiger partial charge on any atom is 0.174 e. The summed E-state index contributed by atoms with van der Waals surface area (Å²) >= 11 is 5.80. The van der Waals surface area contributed by atoms with E-state index in [1.807, 2.05) is 24.4 Å². The van der Waals surface area contributed by atoms with Crippen LogP contribution < -0.4 is 10.2 Å². The average molecular weight is 389 g/mol. The number of anilines is 1. The number of benzene rings is 1. The Kier molecular flexibility index (Phi) is 4.20. The van der Waals surface area contributed by atoms with Crippen molar-refractivity contribution in [3.63, 3.8) is 0 Å². The van der Waals surface area contributed by atoms with Gasteiger partial charge in [0, 0.05) is 29.3 Å². The van der Waals surface area contributed by atoms with E-state index in [1.165, 1.54) is 29.8 Å². The summed E-state index contributed by atoms with van der Waals surface area (Å²) in [4.78, 5) is 6.91. The number of para-hydroxylation sites is 1. The maximum absolute atomic E-state index is 5.80. The second-order valence-electron chi connectivity index (χ2n) is 7.76. The highest BCUT2D eigenvalue weighted by Crippen LogP contribution is 2.45. The Bertz CT molecular complexity index is 1010. The SMILES string of the molecule is Cc1cc(C2C(c3ccccn3)NC(=S)N2c2ccccc2)c(C)n1C1CC1. The number of thiocarbonyl (C=S) groups is 1. The Hall–Kier alpha value is -2.66. The smallest absolute Gasteiger partial charge is 0.174 e. The van der Waals surface area contributed by atoms with E-state index in [0.717, 1.165) is 16.5 Å². The molecule has 0 bridgehead atoms. The summed E-state index contributed by atoms with van der Waals surface area (Å²) < 4.78 is 2.51. The molecule has 1 aromatic carbocycles. The summed E-state index contributed by atoms with van der Waals surface area (Å²) in [6, 6.07) is 19.6. The fourth-order valence-corrected chi connectivity index (χ4v) is 4.88. The van der Waals surface area contributed by atoms with Gasteiger partial charge in [0.1, 0.15) is 0 Å². The van der Waals surface area contributed by atoms with Gasteiger partial charge in [-0.25, -0.2) is 0 Å². The number of rotatable bonds is 4. The molecule has 2 aromatic heterocycles. The van der Waals surface area contributed by atoms with E-state index in [4.69, 9.17) is 12.2 Å². The second-order valence-corrected chi connectivity index (χ2v) is 8.15. The highest BCUT2D eigenvalue weighted by molar-refractivity contribution is 7.80. The first-order valence-electron chi connectivity index (χ1n) is 9.89. The maximum atomic E-state index is 5.80. The van der Waals surface area contributed by atoms with Gasteiger partial charge in [0.25, 0.3) is 0 Å². The standard InChI is InChI=1S/C23H24N4S/c1-15-14-19(16(2)26(15)18-11-12-18)22-21(20-10-6-7-13-24-20)25-23(28)27(22)17-8-4-3-5-9-17/h3-10,13-14,18,21-22H,11-12H2,1-2H3,(H,25,28). The van der Waals surface area contributed by atoms with Crippen LogP contribution >= 0.6 is 12.2 Å². The molecule has 1 N–H and O–H groups in total. The summed E-state index contributed by atoms with van der Waals surface area (Å²) in [5.41, 5.74) is 6.14. The average Bonchev–Trinajstić information content (AvgIpc) is 3.42. The number of pyridine rings is 1. The summed E-state index contributed by atoms with van der Waals surface area (Å²) in [6.45, 7) is 4.47. The molecule has 0 spiro atoms. The van der Waals surface area contributed by atoms with Crippen LogP contribution in [-0.2, 0) is 0 Å². The monoisotopic (exact) mass is 388 g/mol. The van der Waals surface area contributed by atoms with E-state index in [2.05, 4.69) is 70.0 Å². The topological polar surface area (TPSA) is 33.1 Å². The molecule has 142 valence electrons. The van der Waals surface area contributed by atoms with Crippen molar-refractivity contribution >= 4 is 23.0 Å². The quantitative estimate of drug-likeness (QED) is 0.637. The fourth-order valence-electron chi connectivity index (χ4n) is 4.53. The van der Waals surface area contributed by atoms with Crippen molar-refractivity contribution in [1.29, 1.82) is 0 Å². The van der Waals surface area contributed by atoms with Crippen LogP contribution in [0.5, 0.6) is 0 Å². The predicted octanol–water partition coefficient (Wildman–Crippen LogP) is 5.01. The summed E-state index contributed by atoms with van der Waals surface area (Å²) in [6.07, 6.45) is 4.42. The normalized spacial score (nSPS) is 21.8. The molecule has 1 aliphatic heterocycles. The fraction of sp³-hybridized carbons (Fsp3) is 0.304. The minimum absolute atomic E-state index is 0.0158. The molecule has 1 saturated heterocycles. The largest absolute Gasteiger partial charge is 0.351 e. The molecule has 4 nitrogen and oxygen atoms in total. The van der Waals surface area contributed by atoms with Gasteiger partial charge in [-0.05, 0) is 74.8 Å². The van der Waals surface area contributed by atoms with Gasteiger partial charge in [0.15, 0.2) is 5.11 Å². The molecule has 3 aromatic rings. The minimum Gasteiger partial charge on any atom is -0.351 e. The molecule has 0 radical (unpaired) electrons. The summed E-state index contributed by atoms with van der Waals surface area (Å²) in [5, 5.41) is 4.31. The zero-order chi connectivity index (χ0) is 19.3. The van der Waals surface area contributed by atoms with Crippen molar-refractivity contribution in [2.75, 3.05) is 4.90 Å². The van der Waals surface area contributed by atoms with Crippen molar-refractivity contribution in [3.05, 3.63) is 83.4 Å². The lowest BCUT2D eigenvalue weighted by Crippen LogP contribution is -2.29. The van der Waals surface area contributed by atoms with Crippen molar-refractivity contribution in [2.24, 2.45) is 0 Å². The molecular weight excluding hydrogens is 364 g/mol. The van der Waals surface area contributed by atoms with Gasteiger partial charge in [-0.3, -0.25) is 4.98 Å². The van der Waals surface area contributed by atoms with Crippen molar-refractivity contribution < 1.29 is 0 Å². The third-order valence-electron chi connectivity index (χ3n) is 5.89. The Morgan fingerprint density at radius 3 is 2.46 bits per heavy atom. The van der Waals surface area contributed by atoms with Crippen LogP contribution in [0.3, 0.4) is 0 Å². The van der Waals surface area contributed by atoms with E-state index in [9.17, 15) is 0 Å². The molecule has 1 saturated carbocycles. The molecule has 5 heteroatoms. The van der Waals surface area contributed by atoms with Crippen LogP contribution in [0.2, 0.25) is 0 Å². The number of aryl methyl sites for hydroxylation is 1. The van der Waals surface area contributed by atoms with Crippen LogP contribution in [0.15, 0.2) is 60.8 Å². The highest BCUT2D eigenvalue weighted by atomic mass is 32.1. The summed E-state index contributed by atoms with van der Waals surface area (Å²) in [5.74, 6) is 0. The van der Waals surface area contributed by atoms with Gasteiger partial charge in [-0.2, -0.15) is 0 Å². The molecule has 1 aliphatic carbocycles. The number of nitrogens with one attached hydrogen (secondary N) is 1. The zero-order valence-electron chi connectivity index (χ0n) is 16.2. The zero-order valence-corrected chi connectivity index (χ0v) is 17.0. The van der Waals surface area contributed by atoms with Crippen LogP contribution in [0.1, 0.15) is 53.6 Å². The van der Waals surface area contributed by atoms with Gasteiger partial charge in [0.05, 0.1) is 17.8 Å². The van der Waals surface area contributed by atoms with Crippen LogP contribution in [-0.4, -0.2) is 14.7 Å². The second kappa shape index (κ2) is 6.74. The number of hydrogen-bond acceptors (Lipinski definition) is 2. The molecule has 2 unspecified atom stereocenters. The highest BCUT2D eigenvalue weighted by Gasteiger charge is 2.42. The first kappa shape index (κ1) is 17.4. The third kappa shape index (κ3) is 2.81. The first-order valence-corrected chi connectivity index (χ1v) is 10.3. The molecule has 2 fully saturated rings. The van der Waals surface area contributed by atoms with E-state index in [1.54, 1.807) is 0 Å². The Labute approximate surface area is 171 Å². The van der Waals surface area contributed by atoms with E-state index in [-0.39, 0.29) is 12.1 Å². The van der Waals surface area contributed by atoms with Gasteiger partial charge in [0.2, 0.25) is 0 Å². The third-order valence-corrected chi connectivity index (χ3v) is 6.20. The van der Waals surface area contributed by atoms with Gasteiger partial charge >= 0.3 is 0 Å². The van der Waals surface area contributed by atoms with Crippen molar-refractivity contribution in [1.82, 2.24) is 14.9 Å². The van der Waals surface area contributed by atoms with E-state index in [0.29, 0.717) is 6.04 Å². The summed E-state index contributed by atoms with van der Waals surface area (Å²) in [7, 11) is 0.